The summed E-state index contributed by atoms with van der Waals surface area (Å²) in [5, 5.41) is 29.3. The fourth-order valence-electron chi connectivity index (χ4n) is 3.62. The lowest BCUT2D eigenvalue weighted by Crippen LogP contribution is -2.36. The third-order valence-corrected chi connectivity index (χ3v) is 5.00. The van der Waals surface area contributed by atoms with E-state index >= 15 is 0 Å². The molecule has 2 heterocycles. The number of hydrogen-bond donors (Lipinski definition) is 4. The van der Waals surface area contributed by atoms with Crippen LogP contribution in [-0.4, -0.2) is 52.9 Å². The molecule has 0 saturated heterocycles. The predicted octanol–water partition coefficient (Wildman–Crippen LogP) is 3.10. The van der Waals surface area contributed by atoms with Gasteiger partial charge in [0, 0.05) is 24.8 Å². The molecule has 0 unspecified atom stereocenters. The largest absolute Gasteiger partial charge is 0.509 e. The number of fused-ring (bicyclic) bond motifs is 1. The van der Waals surface area contributed by atoms with Crippen LogP contribution in [0.4, 0.5) is 5.69 Å². The van der Waals surface area contributed by atoms with Crippen LogP contribution in [0.15, 0.2) is 48.2 Å². The predicted molar refractivity (Wildman–Crippen MR) is 111 cm³/mol. The Balaban J connectivity index is 1.82. The molecule has 1 aliphatic heterocycles. The number of aliphatic hydroxyl groups excluding tert-OH is 2. The van der Waals surface area contributed by atoms with Crippen LogP contribution in [0.3, 0.4) is 0 Å². The maximum absolute atomic E-state index is 11.0. The van der Waals surface area contributed by atoms with Gasteiger partial charge < -0.3 is 29.6 Å². The van der Waals surface area contributed by atoms with Crippen LogP contribution in [0, 0.1) is 5.41 Å². The van der Waals surface area contributed by atoms with Crippen molar-refractivity contribution >= 4 is 28.1 Å². The molecule has 0 fully saturated rings. The summed E-state index contributed by atoms with van der Waals surface area (Å²) in [6, 6.07) is 12.2. The molecule has 0 bridgehead atoms. The van der Waals surface area contributed by atoms with Gasteiger partial charge in [-0.25, -0.2) is 4.98 Å². The molecule has 1 aliphatic rings. The summed E-state index contributed by atoms with van der Waals surface area (Å²) in [6.07, 6.45) is 0.247. The first-order valence-corrected chi connectivity index (χ1v) is 9.17. The molecular formula is C21H22N4O4. The molecule has 4 rings (SSSR count). The highest BCUT2D eigenvalue weighted by Crippen LogP contribution is 2.39. The molecule has 8 nitrogen and oxygen atoms in total. The first kappa shape index (κ1) is 18.8. The Labute approximate surface area is 167 Å². The molecule has 150 valence electrons. The number of amidine groups is 1. The van der Waals surface area contributed by atoms with Gasteiger partial charge in [0.2, 0.25) is 0 Å². The number of aliphatic hydroxyl groups is 2. The summed E-state index contributed by atoms with van der Waals surface area (Å²) in [5.74, 6) is 1.60. The number of nitrogens with zero attached hydrogens (tertiary/aromatic N) is 2. The molecule has 8 heteroatoms. The number of hydrogen-bond acceptors (Lipinski definition) is 6. The smallest absolute Gasteiger partial charge is 0.145 e. The van der Waals surface area contributed by atoms with E-state index in [9.17, 15) is 10.2 Å². The Kier molecular flexibility index (Phi) is 4.85. The van der Waals surface area contributed by atoms with Crippen LogP contribution in [0.25, 0.3) is 16.6 Å². The van der Waals surface area contributed by atoms with Crippen molar-refractivity contribution in [1.82, 2.24) is 9.97 Å². The third-order valence-electron chi connectivity index (χ3n) is 5.00. The molecule has 0 aliphatic carbocycles. The highest BCUT2D eigenvalue weighted by atomic mass is 16.5. The molecule has 0 radical (unpaired) electrons. The molecule has 4 N–H and O–H groups in total. The molecule has 1 atom stereocenters. The molecule has 0 spiro atoms. The van der Waals surface area contributed by atoms with Crippen molar-refractivity contribution < 1.29 is 19.7 Å². The van der Waals surface area contributed by atoms with E-state index in [1.54, 1.807) is 37.3 Å². The fraction of sp³-hybridized carbons (Fsp3) is 0.238. The molecule has 2 aromatic carbocycles. The molecule has 0 saturated carbocycles. The lowest BCUT2D eigenvalue weighted by atomic mass is 10.1. The molecule has 3 aromatic rings. The van der Waals surface area contributed by atoms with Gasteiger partial charge in [-0.1, -0.05) is 12.1 Å². The number of aromatic nitrogens is 2. The molecule has 1 aromatic heterocycles. The average molecular weight is 394 g/mol. The van der Waals surface area contributed by atoms with Gasteiger partial charge in [0.15, 0.2) is 0 Å². The number of imidazole rings is 1. The highest BCUT2D eigenvalue weighted by Gasteiger charge is 2.39. The maximum Gasteiger partial charge on any atom is 0.145 e. The van der Waals surface area contributed by atoms with Crippen LogP contribution >= 0.6 is 0 Å². The molecule has 0 amide bonds. The van der Waals surface area contributed by atoms with Gasteiger partial charge >= 0.3 is 0 Å². The minimum absolute atomic E-state index is 0.00936. The quantitative estimate of drug-likeness (QED) is 0.511. The summed E-state index contributed by atoms with van der Waals surface area (Å²) in [5.41, 5.74) is 2.48. The van der Waals surface area contributed by atoms with Crippen molar-refractivity contribution in [3.63, 3.8) is 0 Å². The summed E-state index contributed by atoms with van der Waals surface area (Å²) in [7, 11) is 3.10. The maximum atomic E-state index is 11.0. The Bertz CT molecular complexity index is 1050. The first-order chi connectivity index (χ1) is 14.1. The van der Waals surface area contributed by atoms with Gasteiger partial charge in [0.1, 0.15) is 28.9 Å². The van der Waals surface area contributed by atoms with Crippen molar-refractivity contribution in [3.05, 3.63) is 54.0 Å². The summed E-state index contributed by atoms with van der Waals surface area (Å²) in [4.78, 5) is 9.35. The van der Waals surface area contributed by atoms with E-state index in [1.165, 1.54) is 0 Å². The number of H-pyrrole nitrogens is 1. The number of rotatable bonds is 6. The van der Waals surface area contributed by atoms with Crippen molar-refractivity contribution in [2.75, 3.05) is 25.7 Å². The normalized spacial score (nSPS) is 16.7. The summed E-state index contributed by atoms with van der Waals surface area (Å²) in [6.45, 7) is -0.146. The van der Waals surface area contributed by atoms with Crippen LogP contribution in [0.5, 0.6) is 11.5 Å². The van der Waals surface area contributed by atoms with Crippen LogP contribution in [-0.2, 0) is 0 Å². The standard InChI is InChI=1S/C21H22N4O4/c1-28-13-9-12(10-14(11-13)29-2)25-17(7-8-26)19(27)18(20(25)22)21-23-15-5-3-4-6-16(15)24-21/h3-6,9-11,17,22,26-27H,7-8H2,1-2H3,(H,23,24)/t17-/m1/s1. The number of aromatic amines is 1. The van der Waals surface area contributed by atoms with Gasteiger partial charge in [-0.2, -0.15) is 0 Å². The second-order valence-corrected chi connectivity index (χ2v) is 6.68. The topological polar surface area (TPSA) is 115 Å². The molecule has 29 heavy (non-hydrogen) atoms. The number of ether oxygens (including phenoxy) is 2. The Morgan fingerprint density at radius 2 is 1.83 bits per heavy atom. The number of nitrogens with one attached hydrogen (secondary N) is 2. The van der Waals surface area contributed by atoms with Crippen LogP contribution in [0.2, 0.25) is 0 Å². The van der Waals surface area contributed by atoms with Gasteiger partial charge in [-0.05, 0) is 18.6 Å². The second kappa shape index (κ2) is 7.48. The van der Waals surface area contributed by atoms with Crippen molar-refractivity contribution in [2.24, 2.45) is 0 Å². The number of para-hydroxylation sites is 2. The zero-order valence-corrected chi connectivity index (χ0v) is 16.1. The van der Waals surface area contributed by atoms with Crippen molar-refractivity contribution in [1.29, 1.82) is 5.41 Å². The van der Waals surface area contributed by atoms with Gasteiger partial charge in [0.05, 0.1) is 42.6 Å². The minimum atomic E-state index is -0.604. The summed E-state index contributed by atoms with van der Waals surface area (Å²) < 4.78 is 10.7. The Hall–Kier alpha value is -3.52. The van der Waals surface area contributed by atoms with Gasteiger partial charge in [-0.15, -0.1) is 0 Å². The van der Waals surface area contributed by atoms with Gasteiger partial charge in [-0.3, -0.25) is 5.41 Å². The molecular weight excluding hydrogens is 372 g/mol. The van der Waals surface area contributed by atoms with Crippen LogP contribution < -0.4 is 14.4 Å². The average Bonchev–Trinajstić information content (AvgIpc) is 3.26. The van der Waals surface area contributed by atoms with Crippen molar-refractivity contribution in [2.45, 2.75) is 12.5 Å². The number of methoxy groups -OCH3 is 2. The Morgan fingerprint density at radius 1 is 1.14 bits per heavy atom. The fourth-order valence-corrected chi connectivity index (χ4v) is 3.62. The Morgan fingerprint density at radius 3 is 2.45 bits per heavy atom. The summed E-state index contributed by atoms with van der Waals surface area (Å²) >= 11 is 0. The zero-order chi connectivity index (χ0) is 20.5. The second-order valence-electron chi connectivity index (χ2n) is 6.68. The van der Waals surface area contributed by atoms with E-state index in [2.05, 4.69) is 9.97 Å². The van der Waals surface area contributed by atoms with E-state index in [4.69, 9.17) is 14.9 Å². The first-order valence-electron chi connectivity index (χ1n) is 9.17. The third kappa shape index (κ3) is 3.17. The number of benzene rings is 2. The van der Waals surface area contributed by atoms with Crippen molar-refractivity contribution in [3.8, 4) is 11.5 Å². The monoisotopic (exact) mass is 394 g/mol. The van der Waals surface area contributed by atoms with E-state index in [0.29, 0.717) is 28.6 Å². The zero-order valence-electron chi connectivity index (χ0n) is 16.1. The van der Waals surface area contributed by atoms with Gasteiger partial charge in [0.25, 0.3) is 0 Å². The number of anilines is 1. The lowest BCUT2D eigenvalue weighted by Gasteiger charge is -2.27. The highest BCUT2D eigenvalue weighted by molar-refractivity contribution is 6.31. The minimum Gasteiger partial charge on any atom is -0.509 e. The van der Waals surface area contributed by atoms with E-state index in [0.717, 1.165) is 11.0 Å². The SMILES string of the molecule is COc1cc(OC)cc(N2C(=N)C(c3nc4ccccc4[nH]3)=C(O)[C@H]2CCO)c1. The van der Waals surface area contributed by atoms with Crippen LogP contribution in [0.1, 0.15) is 12.2 Å². The van der Waals surface area contributed by atoms with E-state index in [1.807, 2.05) is 24.3 Å². The lowest BCUT2D eigenvalue weighted by molar-refractivity contribution is 0.265. The van der Waals surface area contributed by atoms with E-state index < -0.39 is 6.04 Å². The van der Waals surface area contributed by atoms with E-state index in [-0.39, 0.29) is 24.6 Å².